The Morgan fingerprint density at radius 1 is 1.43 bits per heavy atom. The van der Waals surface area contributed by atoms with Gasteiger partial charge in [-0.3, -0.25) is 0 Å². The first-order valence-electron chi connectivity index (χ1n) is 5.06. The molecular weight excluding hydrogens is 198 g/mol. The number of anilines is 1. The quantitative estimate of drug-likeness (QED) is 0.767. The topological polar surface area (TPSA) is 29.0 Å². The minimum Gasteiger partial charge on any atom is -0.351 e. The fourth-order valence-electron chi connectivity index (χ4n) is 1.59. The predicted molar refractivity (Wildman–Crippen MR) is 57.7 cm³/mol. The first-order valence-corrected chi connectivity index (χ1v) is 5.44. The van der Waals surface area contributed by atoms with E-state index in [1.807, 2.05) is 0 Å². The van der Waals surface area contributed by atoms with Gasteiger partial charge in [-0.25, -0.2) is 9.97 Å². The highest BCUT2D eigenvalue weighted by Gasteiger charge is 2.30. The van der Waals surface area contributed by atoms with E-state index in [1.165, 1.54) is 12.8 Å². The van der Waals surface area contributed by atoms with E-state index in [1.54, 1.807) is 12.4 Å². The molecule has 0 amide bonds. The van der Waals surface area contributed by atoms with Crippen molar-refractivity contribution in [1.82, 2.24) is 9.97 Å². The Labute approximate surface area is 89.1 Å². The molecule has 0 spiro atoms. The lowest BCUT2D eigenvalue weighted by Gasteiger charge is -2.22. The third-order valence-electron chi connectivity index (χ3n) is 2.36. The fourth-order valence-corrected chi connectivity index (χ4v) is 1.81. The second-order valence-corrected chi connectivity index (χ2v) is 3.95. The molecule has 0 bridgehead atoms. The van der Waals surface area contributed by atoms with Gasteiger partial charge in [-0.15, -0.1) is 0 Å². The van der Waals surface area contributed by atoms with Crippen LogP contribution in [0.1, 0.15) is 26.2 Å². The molecule has 0 N–H and O–H groups in total. The van der Waals surface area contributed by atoms with E-state index in [4.69, 9.17) is 11.6 Å². The van der Waals surface area contributed by atoms with E-state index in [2.05, 4.69) is 21.8 Å². The van der Waals surface area contributed by atoms with E-state index in [-0.39, 0.29) is 0 Å². The Morgan fingerprint density at radius 3 is 2.71 bits per heavy atom. The minimum absolute atomic E-state index is 0.521. The molecule has 1 heterocycles. The molecule has 1 fully saturated rings. The zero-order valence-corrected chi connectivity index (χ0v) is 9.04. The summed E-state index contributed by atoms with van der Waals surface area (Å²) in [7, 11) is 0. The summed E-state index contributed by atoms with van der Waals surface area (Å²) in [6.07, 6.45) is 6.96. The summed E-state index contributed by atoms with van der Waals surface area (Å²) in [5.41, 5.74) is 0. The zero-order valence-electron chi connectivity index (χ0n) is 8.28. The largest absolute Gasteiger partial charge is 0.351 e. The van der Waals surface area contributed by atoms with Crippen LogP contribution in [-0.4, -0.2) is 22.6 Å². The summed E-state index contributed by atoms with van der Waals surface area (Å²) in [4.78, 5) is 10.6. The standard InChI is InChI=1S/C10H14ClN3/c1-2-7-14(8-3-4-8)10-9(11)12-5-6-13-10/h5-6,8H,2-4,7H2,1H3. The molecule has 2 rings (SSSR count). The van der Waals surface area contributed by atoms with E-state index in [9.17, 15) is 0 Å². The molecule has 14 heavy (non-hydrogen) atoms. The van der Waals surface area contributed by atoms with Gasteiger partial charge in [0.1, 0.15) is 0 Å². The average Bonchev–Trinajstić information content (AvgIpc) is 2.99. The van der Waals surface area contributed by atoms with E-state index in [0.29, 0.717) is 11.2 Å². The van der Waals surface area contributed by atoms with Crippen molar-refractivity contribution in [2.45, 2.75) is 32.2 Å². The molecule has 1 saturated carbocycles. The first-order chi connectivity index (χ1) is 6.83. The van der Waals surface area contributed by atoms with Gasteiger partial charge in [0.15, 0.2) is 11.0 Å². The van der Waals surface area contributed by atoms with Crippen molar-refractivity contribution in [3.63, 3.8) is 0 Å². The van der Waals surface area contributed by atoms with Crippen molar-refractivity contribution in [1.29, 1.82) is 0 Å². The van der Waals surface area contributed by atoms with Crippen molar-refractivity contribution < 1.29 is 0 Å². The average molecular weight is 212 g/mol. The Hall–Kier alpha value is -0.830. The molecule has 0 aromatic carbocycles. The third-order valence-corrected chi connectivity index (χ3v) is 2.63. The summed E-state index contributed by atoms with van der Waals surface area (Å²) in [6.45, 7) is 3.18. The Morgan fingerprint density at radius 2 is 2.14 bits per heavy atom. The smallest absolute Gasteiger partial charge is 0.171 e. The molecule has 0 radical (unpaired) electrons. The highest BCUT2D eigenvalue weighted by molar-refractivity contribution is 6.31. The SMILES string of the molecule is CCCN(c1nccnc1Cl)C1CC1. The lowest BCUT2D eigenvalue weighted by atomic mass is 10.4. The summed E-state index contributed by atoms with van der Waals surface area (Å²) in [6, 6.07) is 0.643. The zero-order chi connectivity index (χ0) is 9.97. The molecule has 1 aromatic rings. The summed E-state index contributed by atoms with van der Waals surface area (Å²) in [5, 5.41) is 0.521. The van der Waals surface area contributed by atoms with Gasteiger partial charge >= 0.3 is 0 Å². The van der Waals surface area contributed by atoms with Crippen LogP contribution in [0.3, 0.4) is 0 Å². The number of rotatable bonds is 4. The second-order valence-electron chi connectivity index (χ2n) is 3.60. The highest BCUT2D eigenvalue weighted by Crippen LogP contribution is 2.33. The normalized spacial score (nSPS) is 15.6. The van der Waals surface area contributed by atoms with Crippen LogP contribution in [0, 0.1) is 0 Å². The molecule has 0 atom stereocenters. The van der Waals surface area contributed by atoms with Crippen LogP contribution in [-0.2, 0) is 0 Å². The van der Waals surface area contributed by atoms with Gasteiger partial charge in [0, 0.05) is 25.0 Å². The molecule has 1 aliphatic carbocycles. The maximum atomic E-state index is 6.01. The number of aromatic nitrogens is 2. The van der Waals surface area contributed by atoms with Crippen LogP contribution in [0.25, 0.3) is 0 Å². The maximum absolute atomic E-state index is 6.01. The lowest BCUT2D eigenvalue weighted by Crippen LogP contribution is -2.27. The molecule has 0 aliphatic heterocycles. The fraction of sp³-hybridized carbons (Fsp3) is 0.600. The molecule has 1 aromatic heterocycles. The van der Waals surface area contributed by atoms with Crippen molar-refractivity contribution in [2.24, 2.45) is 0 Å². The van der Waals surface area contributed by atoms with Crippen LogP contribution in [0.15, 0.2) is 12.4 Å². The monoisotopic (exact) mass is 211 g/mol. The van der Waals surface area contributed by atoms with Gasteiger partial charge in [-0.1, -0.05) is 18.5 Å². The molecule has 0 saturated heterocycles. The number of hydrogen-bond donors (Lipinski definition) is 0. The van der Waals surface area contributed by atoms with Gasteiger partial charge < -0.3 is 4.90 Å². The van der Waals surface area contributed by atoms with E-state index in [0.717, 1.165) is 18.8 Å². The molecular formula is C10H14ClN3. The van der Waals surface area contributed by atoms with Crippen molar-refractivity contribution in [3.05, 3.63) is 17.5 Å². The first kappa shape index (κ1) is 9.71. The Balaban J connectivity index is 2.21. The van der Waals surface area contributed by atoms with Crippen molar-refractivity contribution in [3.8, 4) is 0 Å². The molecule has 1 aliphatic rings. The van der Waals surface area contributed by atoms with Gasteiger partial charge in [0.25, 0.3) is 0 Å². The van der Waals surface area contributed by atoms with Crippen LogP contribution < -0.4 is 4.90 Å². The minimum atomic E-state index is 0.521. The van der Waals surface area contributed by atoms with Crippen molar-refractivity contribution >= 4 is 17.4 Å². The van der Waals surface area contributed by atoms with Crippen LogP contribution in [0.2, 0.25) is 5.15 Å². The van der Waals surface area contributed by atoms with Gasteiger partial charge in [0.05, 0.1) is 0 Å². The Kier molecular flexibility index (Phi) is 2.87. The second kappa shape index (κ2) is 4.13. The third kappa shape index (κ3) is 1.98. The molecule has 4 heteroatoms. The summed E-state index contributed by atoms with van der Waals surface area (Å²) in [5.74, 6) is 0.846. The number of nitrogens with zero attached hydrogens (tertiary/aromatic N) is 3. The lowest BCUT2D eigenvalue weighted by molar-refractivity contribution is 0.748. The van der Waals surface area contributed by atoms with E-state index < -0.39 is 0 Å². The van der Waals surface area contributed by atoms with Crippen molar-refractivity contribution in [2.75, 3.05) is 11.4 Å². The highest BCUT2D eigenvalue weighted by atomic mass is 35.5. The Bertz CT molecular complexity index is 312. The molecule has 76 valence electrons. The maximum Gasteiger partial charge on any atom is 0.171 e. The van der Waals surface area contributed by atoms with Crippen LogP contribution in [0.5, 0.6) is 0 Å². The van der Waals surface area contributed by atoms with Gasteiger partial charge in [0.2, 0.25) is 0 Å². The summed E-state index contributed by atoms with van der Waals surface area (Å²) < 4.78 is 0. The van der Waals surface area contributed by atoms with Crippen LogP contribution >= 0.6 is 11.6 Å². The summed E-state index contributed by atoms with van der Waals surface area (Å²) >= 11 is 6.01. The van der Waals surface area contributed by atoms with Gasteiger partial charge in [-0.05, 0) is 19.3 Å². The predicted octanol–water partition coefficient (Wildman–Crippen LogP) is 2.51. The molecule has 0 unspecified atom stereocenters. The number of halogens is 1. The van der Waals surface area contributed by atoms with E-state index >= 15 is 0 Å². The number of hydrogen-bond acceptors (Lipinski definition) is 3. The molecule has 3 nitrogen and oxygen atoms in total. The van der Waals surface area contributed by atoms with Gasteiger partial charge in [-0.2, -0.15) is 0 Å². The van der Waals surface area contributed by atoms with Crippen LogP contribution in [0.4, 0.5) is 5.82 Å².